The quantitative estimate of drug-likeness (QED) is 0.628. The molecular weight excluding hydrogens is 220 g/mol. The standard InChI is InChI=1S/C11H16N4O2/c1-8(16)13-5-6-14-11(17)9-3-4-10(12-2)15-7-9/h3-4,7H,5-6H2,1-2H3,(H,12,15)(H,13,16)(H,14,17). The van der Waals surface area contributed by atoms with E-state index in [1.165, 1.54) is 13.1 Å². The van der Waals surface area contributed by atoms with Crippen molar-refractivity contribution in [2.75, 3.05) is 25.5 Å². The molecule has 0 unspecified atom stereocenters. The predicted molar refractivity (Wildman–Crippen MR) is 64.8 cm³/mol. The fraction of sp³-hybridized carbons (Fsp3) is 0.364. The highest BCUT2D eigenvalue weighted by Crippen LogP contribution is 2.03. The largest absolute Gasteiger partial charge is 0.373 e. The molecule has 0 aromatic carbocycles. The predicted octanol–water partition coefficient (Wildman–Crippen LogP) is -0.0108. The monoisotopic (exact) mass is 236 g/mol. The summed E-state index contributed by atoms with van der Waals surface area (Å²) < 4.78 is 0. The number of hydrogen-bond acceptors (Lipinski definition) is 4. The first-order valence-electron chi connectivity index (χ1n) is 5.30. The minimum atomic E-state index is -0.203. The van der Waals surface area contributed by atoms with Gasteiger partial charge in [-0.05, 0) is 12.1 Å². The van der Waals surface area contributed by atoms with Crippen molar-refractivity contribution < 1.29 is 9.59 Å². The Kier molecular flexibility index (Phi) is 4.93. The van der Waals surface area contributed by atoms with Gasteiger partial charge in [-0.2, -0.15) is 0 Å². The maximum absolute atomic E-state index is 11.6. The van der Waals surface area contributed by atoms with Crippen molar-refractivity contribution >= 4 is 17.6 Å². The van der Waals surface area contributed by atoms with Gasteiger partial charge in [0.2, 0.25) is 5.91 Å². The molecule has 1 aromatic rings. The zero-order valence-corrected chi connectivity index (χ0v) is 9.91. The first-order chi connectivity index (χ1) is 8.13. The van der Waals surface area contributed by atoms with E-state index in [1.807, 2.05) is 0 Å². The maximum Gasteiger partial charge on any atom is 0.252 e. The lowest BCUT2D eigenvalue weighted by Gasteiger charge is -2.06. The third-order valence-corrected chi connectivity index (χ3v) is 2.07. The molecule has 0 aliphatic carbocycles. The molecule has 0 atom stereocenters. The SMILES string of the molecule is CNc1ccc(C(=O)NCCNC(C)=O)cn1. The normalized spacial score (nSPS) is 9.53. The fourth-order valence-electron chi connectivity index (χ4n) is 1.19. The molecule has 0 bridgehead atoms. The molecule has 3 N–H and O–H groups in total. The Morgan fingerprint density at radius 2 is 1.94 bits per heavy atom. The van der Waals surface area contributed by atoms with E-state index < -0.39 is 0 Å². The molecular formula is C11H16N4O2. The summed E-state index contributed by atoms with van der Waals surface area (Å²) >= 11 is 0. The Hall–Kier alpha value is -2.11. The Morgan fingerprint density at radius 1 is 1.24 bits per heavy atom. The molecule has 1 rings (SSSR count). The number of nitrogens with zero attached hydrogens (tertiary/aromatic N) is 1. The number of amides is 2. The molecule has 1 heterocycles. The minimum absolute atomic E-state index is 0.112. The Bertz CT molecular complexity index is 389. The Labute approximate surface area is 99.8 Å². The van der Waals surface area contributed by atoms with Crippen molar-refractivity contribution in [3.8, 4) is 0 Å². The van der Waals surface area contributed by atoms with Gasteiger partial charge in [0.05, 0.1) is 5.56 Å². The molecule has 92 valence electrons. The van der Waals surface area contributed by atoms with Gasteiger partial charge >= 0.3 is 0 Å². The second kappa shape index (κ2) is 6.47. The van der Waals surface area contributed by atoms with Crippen molar-refractivity contribution in [2.24, 2.45) is 0 Å². The van der Waals surface area contributed by atoms with Crippen LogP contribution in [0.2, 0.25) is 0 Å². The number of hydrogen-bond donors (Lipinski definition) is 3. The smallest absolute Gasteiger partial charge is 0.252 e. The van der Waals surface area contributed by atoms with E-state index in [0.29, 0.717) is 24.5 Å². The number of nitrogens with one attached hydrogen (secondary N) is 3. The van der Waals surface area contributed by atoms with Crippen molar-refractivity contribution in [3.05, 3.63) is 23.9 Å². The van der Waals surface area contributed by atoms with E-state index in [2.05, 4.69) is 20.9 Å². The van der Waals surface area contributed by atoms with E-state index in [9.17, 15) is 9.59 Å². The average molecular weight is 236 g/mol. The third kappa shape index (κ3) is 4.50. The van der Waals surface area contributed by atoms with Gasteiger partial charge in [0.1, 0.15) is 5.82 Å². The van der Waals surface area contributed by atoms with Gasteiger partial charge in [0, 0.05) is 33.3 Å². The van der Waals surface area contributed by atoms with E-state index in [-0.39, 0.29) is 11.8 Å². The van der Waals surface area contributed by atoms with Gasteiger partial charge in [0.15, 0.2) is 0 Å². The summed E-state index contributed by atoms with van der Waals surface area (Å²) in [5.41, 5.74) is 0.492. The van der Waals surface area contributed by atoms with E-state index in [0.717, 1.165) is 0 Å². The van der Waals surface area contributed by atoms with Crippen molar-refractivity contribution in [2.45, 2.75) is 6.92 Å². The van der Waals surface area contributed by atoms with Crippen molar-refractivity contribution in [1.82, 2.24) is 15.6 Å². The number of pyridine rings is 1. The Morgan fingerprint density at radius 3 is 2.47 bits per heavy atom. The molecule has 0 fully saturated rings. The molecule has 0 saturated carbocycles. The van der Waals surface area contributed by atoms with Crippen molar-refractivity contribution in [3.63, 3.8) is 0 Å². The number of carbonyl (C=O) groups is 2. The first kappa shape index (κ1) is 13.0. The van der Waals surface area contributed by atoms with Crippen LogP contribution >= 0.6 is 0 Å². The van der Waals surface area contributed by atoms with Gasteiger partial charge in [-0.15, -0.1) is 0 Å². The molecule has 0 aliphatic rings. The number of aromatic nitrogens is 1. The van der Waals surface area contributed by atoms with Crippen LogP contribution in [0.5, 0.6) is 0 Å². The summed E-state index contributed by atoms with van der Waals surface area (Å²) in [5.74, 6) is 0.393. The molecule has 0 radical (unpaired) electrons. The highest BCUT2D eigenvalue weighted by molar-refractivity contribution is 5.94. The summed E-state index contributed by atoms with van der Waals surface area (Å²) in [4.78, 5) is 26.2. The van der Waals surface area contributed by atoms with Crippen LogP contribution in [0.4, 0.5) is 5.82 Å². The molecule has 0 aliphatic heterocycles. The van der Waals surface area contributed by atoms with Gasteiger partial charge < -0.3 is 16.0 Å². The zero-order chi connectivity index (χ0) is 12.7. The fourth-order valence-corrected chi connectivity index (χ4v) is 1.19. The molecule has 2 amide bonds. The summed E-state index contributed by atoms with van der Waals surface area (Å²) in [6.07, 6.45) is 1.50. The lowest BCUT2D eigenvalue weighted by molar-refractivity contribution is -0.118. The molecule has 17 heavy (non-hydrogen) atoms. The average Bonchev–Trinajstić information content (AvgIpc) is 2.34. The maximum atomic E-state index is 11.6. The van der Waals surface area contributed by atoms with E-state index in [1.54, 1.807) is 19.2 Å². The minimum Gasteiger partial charge on any atom is -0.373 e. The second-order valence-corrected chi connectivity index (χ2v) is 3.42. The topological polar surface area (TPSA) is 83.1 Å². The highest BCUT2D eigenvalue weighted by atomic mass is 16.2. The van der Waals surface area contributed by atoms with Crippen LogP contribution < -0.4 is 16.0 Å². The second-order valence-electron chi connectivity index (χ2n) is 3.42. The van der Waals surface area contributed by atoms with Gasteiger partial charge in [-0.1, -0.05) is 0 Å². The summed E-state index contributed by atoms with van der Waals surface area (Å²) in [6.45, 7) is 2.25. The summed E-state index contributed by atoms with van der Waals surface area (Å²) in [7, 11) is 1.76. The molecule has 1 aromatic heterocycles. The van der Waals surface area contributed by atoms with Crippen LogP contribution in [0, 0.1) is 0 Å². The molecule has 6 nitrogen and oxygen atoms in total. The van der Waals surface area contributed by atoms with Gasteiger partial charge in [-0.3, -0.25) is 9.59 Å². The van der Waals surface area contributed by atoms with Crippen LogP contribution in [0.15, 0.2) is 18.3 Å². The third-order valence-electron chi connectivity index (χ3n) is 2.07. The number of anilines is 1. The molecule has 0 spiro atoms. The summed E-state index contributed by atoms with van der Waals surface area (Å²) in [6, 6.07) is 3.41. The Balaban J connectivity index is 2.38. The van der Waals surface area contributed by atoms with Crippen LogP contribution in [0.25, 0.3) is 0 Å². The zero-order valence-electron chi connectivity index (χ0n) is 9.91. The first-order valence-corrected chi connectivity index (χ1v) is 5.30. The summed E-state index contributed by atoms with van der Waals surface area (Å²) in [5, 5.41) is 8.14. The van der Waals surface area contributed by atoms with Crippen LogP contribution in [0.3, 0.4) is 0 Å². The van der Waals surface area contributed by atoms with E-state index in [4.69, 9.17) is 0 Å². The lowest BCUT2D eigenvalue weighted by atomic mass is 10.2. The van der Waals surface area contributed by atoms with Gasteiger partial charge in [-0.25, -0.2) is 4.98 Å². The molecule has 6 heteroatoms. The van der Waals surface area contributed by atoms with E-state index >= 15 is 0 Å². The van der Waals surface area contributed by atoms with Crippen molar-refractivity contribution in [1.29, 1.82) is 0 Å². The number of rotatable bonds is 5. The lowest BCUT2D eigenvalue weighted by Crippen LogP contribution is -2.33. The highest BCUT2D eigenvalue weighted by Gasteiger charge is 2.04. The van der Waals surface area contributed by atoms with Crippen LogP contribution in [0.1, 0.15) is 17.3 Å². The van der Waals surface area contributed by atoms with Gasteiger partial charge in [0.25, 0.3) is 5.91 Å². The van der Waals surface area contributed by atoms with Crippen LogP contribution in [-0.4, -0.2) is 36.9 Å². The number of carbonyl (C=O) groups excluding carboxylic acids is 2. The van der Waals surface area contributed by atoms with Crippen LogP contribution in [-0.2, 0) is 4.79 Å². The molecule has 0 saturated heterocycles.